The molecule has 132 valence electrons. The zero-order valence-electron chi connectivity index (χ0n) is 14.6. The van der Waals surface area contributed by atoms with E-state index in [0.717, 1.165) is 39.3 Å². The van der Waals surface area contributed by atoms with Gasteiger partial charge in [0.2, 0.25) is 11.8 Å². The fourth-order valence-corrected chi connectivity index (χ4v) is 3.57. The maximum Gasteiger partial charge on any atom is 0.234 e. The first-order chi connectivity index (χ1) is 11.0. The van der Waals surface area contributed by atoms with E-state index in [1.54, 1.807) is 14.0 Å². The van der Waals surface area contributed by atoms with E-state index in [1.165, 1.54) is 0 Å². The molecular weight excluding hydrogens is 296 g/mol. The second kappa shape index (κ2) is 8.61. The van der Waals surface area contributed by atoms with E-state index in [0.29, 0.717) is 31.7 Å². The Bertz CT molecular complexity index is 410. The van der Waals surface area contributed by atoms with Crippen molar-refractivity contribution in [1.82, 2.24) is 20.0 Å². The smallest absolute Gasteiger partial charge is 0.234 e. The summed E-state index contributed by atoms with van der Waals surface area (Å²) in [5.74, 6) is 0.778. The number of likely N-dealkylation sites (tertiary alicyclic amines) is 1. The zero-order chi connectivity index (χ0) is 16.8. The molecule has 0 bridgehead atoms. The van der Waals surface area contributed by atoms with Crippen LogP contribution in [0.3, 0.4) is 0 Å². The molecule has 0 saturated carbocycles. The Morgan fingerprint density at radius 1 is 1.17 bits per heavy atom. The SMILES string of the molecule is COCCNC(=O)CN1C[C@@H](N2CCN(C(C)=O)CC2)[C@@H](C)C1. The van der Waals surface area contributed by atoms with Gasteiger partial charge in [-0.25, -0.2) is 0 Å². The Labute approximate surface area is 138 Å². The minimum atomic E-state index is 0.0660. The first-order valence-electron chi connectivity index (χ1n) is 8.48. The van der Waals surface area contributed by atoms with Crippen LogP contribution in [0, 0.1) is 5.92 Å². The lowest BCUT2D eigenvalue weighted by Crippen LogP contribution is -2.53. The van der Waals surface area contributed by atoms with Crippen LogP contribution in [0.5, 0.6) is 0 Å². The second-order valence-corrected chi connectivity index (χ2v) is 6.62. The number of amides is 2. The van der Waals surface area contributed by atoms with E-state index >= 15 is 0 Å². The van der Waals surface area contributed by atoms with E-state index in [9.17, 15) is 9.59 Å². The number of hydrogen-bond acceptors (Lipinski definition) is 5. The van der Waals surface area contributed by atoms with Crippen molar-refractivity contribution < 1.29 is 14.3 Å². The summed E-state index contributed by atoms with van der Waals surface area (Å²) in [5.41, 5.74) is 0. The average molecular weight is 326 g/mol. The molecule has 0 aliphatic carbocycles. The molecule has 0 aromatic rings. The molecule has 2 heterocycles. The fraction of sp³-hybridized carbons (Fsp3) is 0.875. The molecule has 2 aliphatic rings. The van der Waals surface area contributed by atoms with Crippen LogP contribution < -0.4 is 5.32 Å². The van der Waals surface area contributed by atoms with Crippen LogP contribution in [-0.4, -0.2) is 98.6 Å². The Hall–Kier alpha value is -1.18. The molecule has 7 nitrogen and oxygen atoms in total. The normalized spacial score (nSPS) is 26.5. The van der Waals surface area contributed by atoms with Crippen molar-refractivity contribution in [3.8, 4) is 0 Å². The van der Waals surface area contributed by atoms with Gasteiger partial charge in [-0.3, -0.25) is 19.4 Å². The lowest BCUT2D eigenvalue weighted by atomic mass is 10.0. The molecule has 0 aromatic carbocycles. The monoisotopic (exact) mass is 326 g/mol. The first-order valence-corrected chi connectivity index (χ1v) is 8.48. The summed E-state index contributed by atoms with van der Waals surface area (Å²) in [5, 5.41) is 2.87. The van der Waals surface area contributed by atoms with Gasteiger partial charge >= 0.3 is 0 Å². The molecule has 2 amide bonds. The van der Waals surface area contributed by atoms with E-state index < -0.39 is 0 Å². The van der Waals surface area contributed by atoms with Gasteiger partial charge in [0.15, 0.2) is 0 Å². The van der Waals surface area contributed by atoms with Crippen molar-refractivity contribution in [2.24, 2.45) is 5.92 Å². The van der Waals surface area contributed by atoms with Crippen LogP contribution in [0.1, 0.15) is 13.8 Å². The van der Waals surface area contributed by atoms with Crippen LogP contribution >= 0.6 is 0 Å². The summed E-state index contributed by atoms with van der Waals surface area (Å²) < 4.78 is 4.94. The van der Waals surface area contributed by atoms with Crippen molar-refractivity contribution in [2.45, 2.75) is 19.9 Å². The Morgan fingerprint density at radius 2 is 1.87 bits per heavy atom. The number of hydrogen-bond donors (Lipinski definition) is 1. The quantitative estimate of drug-likeness (QED) is 0.650. The van der Waals surface area contributed by atoms with Crippen molar-refractivity contribution in [2.75, 3.05) is 66.1 Å². The third kappa shape index (κ3) is 5.16. The predicted octanol–water partition coefficient (Wildman–Crippen LogP) is -0.767. The highest BCUT2D eigenvalue weighted by atomic mass is 16.5. The number of nitrogens with one attached hydrogen (secondary N) is 1. The minimum absolute atomic E-state index is 0.0660. The van der Waals surface area contributed by atoms with Crippen LogP contribution in [0.25, 0.3) is 0 Å². The Morgan fingerprint density at radius 3 is 2.48 bits per heavy atom. The molecule has 7 heteroatoms. The third-order valence-corrected chi connectivity index (χ3v) is 4.87. The number of rotatable bonds is 6. The molecule has 0 aromatic heterocycles. The summed E-state index contributed by atoms with van der Waals surface area (Å²) in [4.78, 5) is 30.0. The van der Waals surface area contributed by atoms with Crippen LogP contribution in [0.2, 0.25) is 0 Å². The first kappa shape index (κ1) is 18.2. The van der Waals surface area contributed by atoms with Gasteiger partial charge in [0.05, 0.1) is 13.2 Å². The van der Waals surface area contributed by atoms with Gasteiger partial charge in [-0.05, 0) is 5.92 Å². The molecule has 2 rings (SSSR count). The zero-order valence-corrected chi connectivity index (χ0v) is 14.6. The summed E-state index contributed by atoms with van der Waals surface area (Å²) in [6.07, 6.45) is 0. The number of nitrogens with zero attached hydrogens (tertiary/aromatic N) is 3. The molecule has 0 unspecified atom stereocenters. The predicted molar refractivity (Wildman–Crippen MR) is 88.1 cm³/mol. The molecule has 0 radical (unpaired) electrons. The summed E-state index contributed by atoms with van der Waals surface area (Å²) in [6, 6.07) is 0.482. The third-order valence-electron chi connectivity index (χ3n) is 4.87. The highest BCUT2D eigenvalue weighted by Crippen LogP contribution is 2.22. The maximum atomic E-state index is 11.9. The molecule has 1 N–H and O–H groups in total. The van der Waals surface area contributed by atoms with E-state index in [2.05, 4.69) is 22.0 Å². The Kier molecular flexibility index (Phi) is 6.80. The van der Waals surface area contributed by atoms with Crippen LogP contribution in [-0.2, 0) is 14.3 Å². The lowest BCUT2D eigenvalue weighted by Gasteiger charge is -2.39. The summed E-state index contributed by atoms with van der Waals surface area (Å²) in [7, 11) is 1.63. The molecule has 0 spiro atoms. The molecule has 2 fully saturated rings. The van der Waals surface area contributed by atoms with Gasteiger partial charge in [-0.1, -0.05) is 6.92 Å². The minimum Gasteiger partial charge on any atom is -0.383 e. The van der Waals surface area contributed by atoms with Crippen molar-refractivity contribution >= 4 is 11.8 Å². The van der Waals surface area contributed by atoms with Gasteiger partial charge in [-0.2, -0.15) is 0 Å². The van der Waals surface area contributed by atoms with Crippen molar-refractivity contribution in [3.63, 3.8) is 0 Å². The van der Waals surface area contributed by atoms with Crippen LogP contribution in [0.15, 0.2) is 0 Å². The summed E-state index contributed by atoms with van der Waals surface area (Å²) >= 11 is 0. The van der Waals surface area contributed by atoms with Crippen molar-refractivity contribution in [1.29, 1.82) is 0 Å². The standard InChI is InChI=1S/C16H30N4O3/c1-13-10-18(12-16(22)17-4-9-23-3)11-15(13)20-7-5-19(6-8-20)14(2)21/h13,15H,4-12H2,1-3H3,(H,17,22)/t13-,15+/m0/s1. The lowest BCUT2D eigenvalue weighted by molar-refractivity contribution is -0.131. The molecule has 2 saturated heterocycles. The molecule has 2 atom stereocenters. The van der Waals surface area contributed by atoms with Gasteiger partial charge in [-0.15, -0.1) is 0 Å². The highest BCUT2D eigenvalue weighted by molar-refractivity contribution is 5.78. The Balaban J connectivity index is 1.75. The molecular formula is C16H30N4O3. The van der Waals surface area contributed by atoms with Gasteiger partial charge < -0.3 is 15.0 Å². The van der Waals surface area contributed by atoms with Crippen molar-refractivity contribution in [3.05, 3.63) is 0 Å². The van der Waals surface area contributed by atoms with E-state index in [4.69, 9.17) is 4.74 Å². The van der Waals surface area contributed by atoms with Gasteiger partial charge in [0.1, 0.15) is 0 Å². The maximum absolute atomic E-state index is 11.9. The molecule has 2 aliphatic heterocycles. The highest BCUT2D eigenvalue weighted by Gasteiger charge is 2.35. The van der Waals surface area contributed by atoms with Gasteiger partial charge in [0, 0.05) is 65.9 Å². The fourth-order valence-electron chi connectivity index (χ4n) is 3.57. The molecule has 23 heavy (non-hydrogen) atoms. The van der Waals surface area contributed by atoms with Gasteiger partial charge in [0.25, 0.3) is 0 Å². The van der Waals surface area contributed by atoms with Crippen LogP contribution in [0.4, 0.5) is 0 Å². The summed E-state index contributed by atoms with van der Waals surface area (Å²) in [6.45, 7) is 10.8. The number of piperazine rings is 1. The number of methoxy groups -OCH3 is 1. The average Bonchev–Trinajstić information content (AvgIpc) is 2.88. The number of carbonyl (C=O) groups excluding carboxylic acids is 2. The largest absolute Gasteiger partial charge is 0.383 e. The second-order valence-electron chi connectivity index (χ2n) is 6.62. The topological polar surface area (TPSA) is 65.1 Å². The van der Waals surface area contributed by atoms with E-state index in [-0.39, 0.29) is 11.8 Å². The van der Waals surface area contributed by atoms with E-state index in [1.807, 2.05) is 4.90 Å². The number of carbonyl (C=O) groups is 2. The number of ether oxygens (including phenoxy) is 1.